The second-order valence-electron chi connectivity index (χ2n) is 7.03. The highest BCUT2D eigenvalue weighted by atomic mass is 16.5. The van der Waals surface area contributed by atoms with Crippen LogP contribution in [0.5, 0.6) is 11.6 Å². The van der Waals surface area contributed by atoms with Crippen molar-refractivity contribution in [1.29, 1.82) is 0 Å². The first-order chi connectivity index (χ1) is 16.1. The summed E-state index contributed by atoms with van der Waals surface area (Å²) >= 11 is 0. The van der Waals surface area contributed by atoms with Gasteiger partial charge in [-0.3, -0.25) is 9.59 Å². The third-order valence-electron chi connectivity index (χ3n) is 4.50. The number of anilines is 1. The van der Waals surface area contributed by atoms with Gasteiger partial charge in [0.15, 0.2) is 5.65 Å². The second-order valence-corrected chi connectivity index (χ2v) is 7.03. The average molecular weight is 446 g/mol. The summed E-state index contributed by atoms with van der Waals surface area (Å²) in [4.78, 5) is 32.7. The number of hydrogen-bond acceptors (Lipinski definition) is 7. The lowest BCUT2D eigenvalue weighted by Crippen LogP contribution is -2.35. The molecule has 2 amide bonds. The molecule has 4 rings (SSSR count). The number of para-hydroxylation sites is 1. The molecule has 10 heteroatoms. The number of nitrogens with zero attached hydrogens (tertiary/aromatic N) is 4. The number of carbonyl (C=O) groups excluding carboxylic acids is 2. The Kier molecular flexibility index (Phi) is 6.74. The van der Waals surface area contributed by atoms with Gasteiger partial charge < -0.3 is 20.1 Å². The van der Waals surface area contributed by atoms with Crippen LogP contribution in [0.3, 0.4) is 0 Å². The van der Waals surface area contributed by atoms with E-state index in [9.17, 15) is 9.59 Å². The molecule has 0 saturated carbocycles. The lowest BCUT2D eigenvalue weighted by Gasteiger charge is -2.09. The number of carbonyl (C=O) groups is 2. The Morgan fingerprint density at radius 3 is 2.58 bits per heavy atom. The molecule has 0 radical (unpaired) electrons. The van der Waals surface area contributed by atoms with Crippen molar-refractivity contribution >= 4 is 23.1 Å². The lowest BCUT2D eigenvalue weighted by molar-refractivity contribution is -0.136. The van der Waals surface area contributed by atoms with Gasteiger partial charge in [0, 0.05) is 18.8 Å². The van der Waals surface area contributed by atoms with Crippen LogP contribution in [-0.4, -0.2) is 44.6 Å². The summed E-state index contributed by atoms with van der Waals surface area (Å²) in [5.41, 5.74) is 1.81. The summed E-state index contributed by atoms with van der Waals surface area (Å²) in [5.74, 6) is 0.291. The van der Waals surface area contributed by atoms with Crippen molar-refractivity contribution in [2.45, 2.75) is 13.5 Å². The smallest absolute Gasteiger partial charge is 0.313 e. The predicted molar refractivity (Wildman–Crippen MR) is 120 cm³/mol. The zero-order valence-electron chi connectivity index (χ0n) is 17.9. The first kappa shape index (κ1) is 21.8. The van der Waals surface area contributed by atoms with Crippen LogP contribution in [0.4, 0.5) is 5.69 Å². The van der Waals surface area contributed by atoms with Gasteiger partial charge in [0.25, 0.3) is 0 Å². The molecule has 3 heterocycles. The number of aryl methyl sites for hydroxylation is 1. The van der Waals surface area contributed by atoms with Gasteiger partial charge in [-0.15, -0.1) is 0 Å². The summed E-state index contributed by atoms with van der Waals surface area (Å²) < 4.78 is 12.6. The van der Waals surface area contributed by atoms with Crippen molar-refractivity contribution in [2.75, 3.05) is 18.5 Å². The average Bonchev–Trinajstić information content (AvgIpc) is 3.21. The fourth-order valence-corrected chi connectivity index (χ4v) is 2.94. The third-order valence-corrected chi connectivity index (χ3v) is 4.50. The highest BCUT2D eigenvalue weighted by molar-refractivity contribution is 6.39. The van der Waals surface area contributed by atoms with Crippen LogP contribution in [-0.2, 0) is 16.1 Å². The molecule has 3 aromatic heterocycles. The Bertz CT molecular complexity index is 1240. The van der Waals surface area contributed by atoms with Crippen LogP contribution in [0.2, 0.25) is 0 Å². The van der Waals surface area contributed by atoms with Gasteiger partial charge in [-0.2, -0.15) is 5.10 Å². The fourth-order valence-electron chi connectivity index (χ4n) is 2.94. The maximum atomic E-state index is 12.2. The molecule has 0 fully saturated rings. The van der Waals surface area contributed by atoms with Crippen molar-refractivity contribution in [3.05, 3.63) is 78.4 Å². The maximum Gasteiger partial charge on any atom is 0.313 e. The van der Waals surface area contributed by atoms with Crippen LogP contribution in [0.25, 0.3) is 5.65 Å². The first-order valence-electron chi connectivity index (χ1n) is 10.2. The number of benzene rings is 1. The summed E-state index contributed by atoms with van der Waals surface area (Å²) in [6, 6.07) is 16.3. The van der Waals surface area contributed by atoms with E-state index in [0.717, 1.165) is 11.3 Å². The molecule has 1 aromatic carbocycles. The molecule has 168 valence electrons. The first-order valence-corrected chi connectivity index (χ1v) is 10.2. The molecule has 0 aliphatic carbocycles. The maximum absolute atomic E-state index is 12.2. The SMILES string of the molecule is Cc1nc2ccc(NC(=O)C(=O)NCc3ccc(OCCOc4ccccc4)nc3)cn2n1. The predicted octanol–water partition coefficient (Wildman–Crippen LogP) is 2.15. The summed E-state index contributed by atoms with van der Waals surface area (Å²) in [5, 5.41) is 9.28. The van der Waals surface area contributed by atoms with Gasteiger partial charge in [-0.25, -0.2) is 14.5 Å². The minimum absolute atomic E-state index is 0.151. The van der Waals surface area contributed by atoms with Gasteiger partial charge in [0.05, 0.1) is 11.9 Å². The Hall–Kier alpha value is -4.47. The fraction of sp³-hybridized carbons (Fsp3) is 0.174. The van der Waals surface area contributed by atoms with Crippen molar-refractivity contribution in [3.8, 4) is 11.6 Å². The highest BCUT2D eigenvalue weighted by Gasteiger charge is 2.14. The largest absolute Gasteiger partial charge is 0.490 e. The number of fused-ring (bicyclic) bond motifs is 1. The van der Waals surface area contributed by atoms with Gasteiger partial charge in [-0.05, 0) is 36.8 Å². The molecular weight excluding hydrogens is 424 g/mol. The van der Waals surface area contributed by atoms with Crippen molar-refractivity contribution < 1.29 is 19.1 Å². The monoisotopic (exact) mass is 446 g/mol. The molecule has 10 nitrogen and oxygen atoms in total. The van der Waals surface area contributed by atoms with Gasteiger partial charge in [-0.1, -0.05) is 24.3 Å². The summed E-state index contributed by atoms with van der Waals surface area (Å²) in [6.45, 7) is 2.66. The van der Waals surface area contributed by atoms with Crippen LogP contribution in [0.1, 0.15) is 11.4 Å². The second kappa shape index (κ2) is 10.2. The number of rotatable bonds is 8. The van der Waals surface area contributed by atoms with E-state index in [-0.39, 0.29) is 6.54 Å². The van der Waals surface area contributed by atoms with Gasteiger partial charge >= 0.3 is 11.8 Å². The minimum Gasteiger partial charge on any atom is -0.490 e. The number of hydrogen-bond donors (Lipinski definition) is 2. The molecule has 4 aromatic rings. The Morgan fingerprint density at radius 2 is 1.79 bits per heavy atom. The molecule has 0 unspecified atom stereocenters. The number of ether oxygens (including phenoxy) is 2. The van der Waals surface area contributed by atoms with E-state index in [0.29, 0.717) is 36.3 Å². The zero-order valence-corrected chi connectivity index (χ0v) is 17.9. The quantitative estimate of drug-likeness (QED) is 0.314. The number of pyridine rings is 2. The standard InChI is InChI=1S/C23H22N6O4/c1-16-26-20-9-8-18(15-29(20)28-16)27-23(31)22(30)25-14-17-7-10-21(24-13-17)33-12-11-32-19-5-3-2-4-6-19/h2-10,13,15H,11-12,14H2,1H3,(H,25,30)(H,27,31). The minimum atomic E-state index is -0.780. The molecule has 2 N–H and O–H groups in total. The molecule has 0 aliphatic heterocycles. The normalized spacial score (nSPS) is 10.6. The molecule has 33 heavy (non-hydrogen) atoms. The van der Waals surface area contributed by atoms with Crippen LogP contribution in [0, 0.1) is 6.92 Å². The van der Waals surface area contributed by atoms with Crippen LogP contribution in [0.15, 0.2) is 67.0 Å². The van der Waals surface area contributed by atoms with E-state index in [1.807, 2.05) is 30.3 Å². The molecular formula is C23H22N6O4. The summed E-state index contributed by atoms with van der Waals surface area (Å²) in [7, 11) is 0. The summed E-state index contributed by atoms with van der Waals surface area (Å²) in [6.07, 6.45) is 3.17. The highest BCUT2D eigenvalue weighted by Crippen LogP contribution is 2.11. The van der Waals surface area contributed by atoms with Gasteiger partial charge in [0.1, 0.15) is 24.8 Å². The van der Waals surface area contributed by atoms with E-state index in [2.05, 4.69) is 25.7 Å². The third kappa shape index (κ3) is 6.03. The van der Waals surface area contributed by atoms with Crippen LogP contribution >= 0.6 is 0 Å². The van der Waals surface area contributed by atoms with Gasteiger partial charge in [0.2, 0.25) is 5.88 Å². The lowest BCUT2D eigenvalue weighted by atomic mass is 10.3. The van der Waals surface area contributed by atoms with E-state index in [4.69, 9.17) is 9.47 Å². The Labute approximate surface area is 189 Å². The van der Waals surface area contributed by atoms with E-state index in [1.54, 1.807) is 43.6 Å². The topological polar surface area (TPSA) is 120 Å². The number of amides is 2. The molecule has 0 saturated heterocycles. The van der Waals surface area contributed by atoms with Crippen molar-refractivity contribution in [1.82, 2.24) is 24.9 Å². The molecule has 0 atom stereocenters. The Morgan fingerprint density at radius 1 is 0.970 bits per heavy atom. The van der Waals surface area contributed by atoms with Crippen molar-refractivity contribution in [3.63, 3.8) is 0 Å². The van der Waals surface area contributed by atoms with Crippen molar-refractivity contribution in [2.24, 2.45) is 0 Å². The van der Waals surface area contributed by atoms with E-state index < -0.39 is 11.8 Å². The molecule has 0 bridgehead atoms. The molecule has 0 aliphatic rings. The number of nitrogens with one attached hydrogen (secondary N) is 2. The van der Waals surface area contributed by atoms with E-state index >= 15 is 0 Å². The Balaban J connectivity index is 1.20. The van der Waals surface area contributed by atoms with Crippen LogP contribution < -0.4 is 20.1 Å². The molecule has 0 spiro atoms. The number of aromatic nitrogens is 4. The van der Waals surface area contributed by atoms with E-state index in [1.165, 1.54) is 4.52 Å². The zero-order chi connectivity index (χ0) is 23.0.